The summed E-state index contributed by atoms with van der Waals surface area (Å²) in [5.74, 6) is 0. The van der Waals surface area contributed by atoms with Gasteiger partial charge in [0.15, 0.2) is 0 Å². The van der Waals surface area contributed by atoms with Gasteiger partial charge in [0.1, 0.15) is 11.2 Å². The molecule has 0 aliphatic heterocycles. The van der Waals surface area contributed by atoms with E-state index in [2.05, 4.69) is 230 Å². The number of hydrogen-bond acceptors (Lipinski definition) is 2. The highest BCUT2D eigenvalue weighted by molar-refractivity contribution is 6.18. The van der Waals surface area contributed by atoms with E-state index in [-0.39, 0.29) is 5.41 Å². The Morgan fingerprint density at radius 2 is 1.07 bits per heavy atom. The van der Waals surface area contributed by atoms with Gasteiger partial charge in [-0.3, -0.25) is 0 Å². The zero-order chi connectivity index (χ0) is 40.0. The molecular weight excluding hydrogens is 729 g/mol. The van der Waals surface area contributed by atoms with Crippen molar-refractivity contribution in [1.29, 1.82) is 0 Å². The molecule has 0 fully saturated rings. The van der Waals surface area contributed by atoms with Gasteiger partial charge in [0.05, 0.1) is 27.8 Å². The van der Waals surface area contributed by atoms with E-state index < -0.39 is 0 Å². The van der Waals surface area contributed by atoms with E-state index >= 15 is 0 Å². The van der Waals surface area contributed by atoms with Gasteiger partial charge in [0.25, 0.3) is 0 Å². The van der Waals surface area contributed by atoms with Gasteiger partial charge in [-0.05, 0) is 94.0 Å². The lowest BCUT2D eigenvalue weighted by atomic mass is 9.82. The highest BCUT2D eigenvalue weighted by Crippen LogP contribution is 2.55. The fourth-order valence-corrected chi connectivity index (χ4v) is 10.1. The Hall–Kier alpha value is -7.62. The van der Waals surface area contributed by atoms with Crippen LogP contribution < -0.4 is 4.90 Å². The highest BCUT2D eigenvalue weighted by Gasteiger charge is 2.38. The molecule has 2 aromatic heterocycles. The Kier molecular flexibility index (Phi) is 7.58. The Labute approximate surface area is 349 Å². The highest BCUT2D eigenvalue weighted by atomic mass is 16.3. The van der Waals surface area contributed by atoms with Gasteiger partial charge in [0.2, 0.25) is 0 Å². The van der Waals surface area contributed by atoms with Crippen LogP contribution in [0.4, 0.5) is 17.1 Å². The van der Waals surface area contributed by atoms with Crippen LogP contribution in [-0.4, -0.2) is 4.57 Å². The van der Waals surface area contributed by atoms with E-state index in [1.54, 1.807) is 0 Å². The predicted molar refractivity (Wildman–Crippen MR) is 251 cm³/mol. The van der Waals surface area contributed by atoms with Gasteiger partial charge in [-0.15, -0.1) is 0 Å². The van der Waals surface area contributed by atoms with Crippen LogP contribution in [0.5, 0.6) is 0 Å². The molecule has 9 aromatic carbocycles. The maximum absolute atomic E-state index is 6.84. The maximum atomic E-state index is 6.84. The van der Waals surface area contributed by atoms with Gasteiger partial charge in [-0.25, -0.2) is 0 Å². The summed E-state index contributed by atoms with van der Waals surface area (Å²) in [6, 6.07) is 74.7. The third-order valence-corrected chi connectivity index (χ3v) is 12.8. The number of rotatable bonds is 6. The molecular formula is C57H40N2O. The molecule has 60 heavy (non-hydrogen) atoms. The summed E-state index contributed by atoms with van der Waals surface area (Å²) in [5, 5.41) is 4.69. The van der Waals surface area contributed by atoms with Crippen LogP contribution in [0.3, 0.4) is 0 Å². The standard InChI is InChI=1S/C57H40N2O/c1-57(2)46-25-12-9-21-43(46)54-47(57)26-16-29-50(54)59(51-36-35-42(37-17-5-3-6-18-37)56-55(51)45-23-11-14-30-52(45)60-56)40-33-31-38(32-34-40)41-24-15-28-49-53(41)44-22-10-13-27-48(44)58(49)39-19-7-4-8-20-39/h3-36H,1-2H3. The van der Waals surface area contributed by atoms with Gasteiger partial charge in [-0.1, -0.05) is 159 Å². The molecule has 1 aliphatic carbocycles. The third kappa shape index (κ3) is 5.02. The number of para-hydroxylation sites is 3. The van der Waals surface area contributed by atoms with Crippen molar-refractivity contribution < 1.29 is 4.42 Å². The van der Waals surface area contributed by atoms with Gasteiger partial charge < -0.3 is 13.9 Å². The molecule has 0 amide bonds. The molecule has 3 heteroatoms. The van der Waals surface area contributed by atoms with Crippen LogP contribution in [0.15, 0.2) is 211 Å². The van der Waals surface area contributed by atoms with Gasteiger partial charge >= 0.3 is 0 Å². The van der Waals surface area contributed by atoms with Gasteiger partial charge in [0, 0.05) is 44.1 Å². The number of benzene rings is 9. The van der Waals surface area contributed by atoms with E-state index in [4.69, 9.17) is 4.42 Å². The van der Waals surface area contributed by atoms with Gasteiger partial charge in [-0.2, -0.15) is 0 Å². The molecule has 0 N–H and O–H groups in total. The Bertz CT molecular complexity index is 3450. The largest absolute Gasteiger partial charge is 0.455 e. The number of furan rings is 1. The van der Waals surface area contributed by atoms with Crippen molar-refractivity contribution >= 4 is 60.8 Å². The molecule has 0 saturated carbocycles. The third-order valence-electron chi connectivity index (χ3n) is 12.8. The van der Waals surface area contributed by atoms with Crippen molar-refractivity contribution in [3.63, 3.8) is 0 Å². The van der Waals surface area contributed by atoms with Crippen molar-refractivity contribution in [2.24, 2.45) is 0 Å². The van der Waals surface area contributed by atoms with E-state index in [0.717, 1.165) is 55.8 Å². The van der Waals surface area contributed by atoms with E-state index in [0.29, 0.717) is 0 Å². The van der Waals surface area contributed by atoms with Crippen LogP contribution in [-0.2, 0) is 5.41 Å². The summed E-state index contributed by atoms with van der Waals surface area (Å²) in [5.41, 5.74) is 18.3. The fraction of sp³-hybridized carbons (Fsp3) is 0.0526. The molecule has 284 valence electrons. The smallest absolute Gasteiger partial charge is 0.145 e. The summed E-state index contributed by atoms with van der Waals surface area (Å²) in [4.78, 5) is 2.47. The number of anilines is 3. The normalized spacial score (nSPS) is 13.0. The molecule has 3 nitrogen and oxygen atoms in total. The minimum atomic E-state index is -0.149. The second-order valence-corrected chi connectivity index (χ2v) is 16.4. The Balaban J connectivity index is 1.11. The number of fused-ring (bicyclic) bond motifs is 9. The second kappa shape index (κ2) is 13.2. The molecule has 0 spiro atoms. The first kappa shape index (κ1) is 34.4. The van der Waals surface area contributed by atoms with E-state index in [1.807, 2.05) is 0 Å². The first-order chi connectivity index (χ1) is 29.6. The van der Waals surface area contributed by atoms with Crippen molar-refractivity contribution in [3.8, 4) is 39.1 Å². The van der Waals surface area contributed by atoms with Crippen LogP contribution in [0.25, 0.3) is 82.8 Å². The summed E-state index contributed by atoms with van der Waals surface area (Å²) >= 11 is 0. The fourth-order valence-electron chi connectivity index (χ4n) is 10.1. The van der Waals surface area contributed by atoms with Crippen molar-refractivity contribution in [3.05, 3.63) is 217 Å². The summed E-state index contributed by atoms with van der Waals surface area (Å²) in [7, 11) is 0. The van der Waals surface area contributed by atoms with Crippen LogP contribution in [0, 0.1) is 0 Å². The first-order valence-electron chi connectivity index (χ1n) is 20.8. The summed E-state index contributed by atoms with van der Waals surface area (Å²) in [6.45, 7) is 4.71. The quantitative estimate of drug-likeness (QED) is 0.168. The van der Waals surface area contributed by atoms with Crippen LogP contribution >= 0.6 is 0 Å². The molecule has 12 rings (SSSR count). The monoisotopic (exact) mass is 768 g/mol. The van der Waals surface area contributed by atoms with E-state index in [1.165, 1.54) is 55.2 Å². The predicted octanol–water partition coefficient (Wildman–Crippen LogP) is 15.8. The van der Waals surface area contributed by atoms with Crippen LogP contribution in [0.1, 0.15) is 25.0 Å². The second-order valence-electron chi connectivity index (χ2n) is 16.4. The molecule has 0 atom stereocenters. The Morgan fingerprint density at radius 1 is 0.433 bits per heavy atom. The van der Waals surface area contributed by atoms with Crippen molar-refractivity contribution in [2.75, 3.05) is 4.90 Å². The van der Waals surface area contributed by atoms with Crippen molar-refractivity contribution in [2.45, 2.75) is 19.3 Å². The van der Waals surface area contributed by atoms with Crippen LogP contribution in [0.2, 0.25) is 0 Å². The molecule has 0 radical (unpaired) electrons. The molecule has 0 unspecified atom stereocenters. The molecule has 0 bridgehead atoms. The average Bonchev–Trinajstić information content (AvgIpc) is 3.94. The molecule has 0 saturated heterocycles. The minimum absolute atomic E-state index is 0.149. The number of aromatic nitrogens is 1. The summed E-state index contributed by atoms with van der Waals surface area (Å²) in [6.07, 6.45) is 0. The first-order valence-corrected chi connectivity index (χ1v) is 20.8. The summed E-state index contributed by atoms with van der Waals surface area (Å²) < 4.78 is 9.23. The lowest BCUT2D eigenvalue weighted by molar-refractivity contribution is 0.660. The lowest BCUT2D eigenvalue weighted by Crippen LogP contribution is -2.16. The topological polar surface area (TPSA) is 21.3 Å². The number of hydrogen-bond donors (Lipinski definition) is 0. The SMILES string of the molecule is CC1(C)c2ccccc2-c2c(N(c3ccc(-c4cccc5c4c4ccccc4n5-c4ccccc4)cc3)c3ccc(-c4ccccc4)c4oc5ccccc5c34)cccc21. The number of nitrogens with zero attached hydrogens (tertiary/aromatic N) is 2. The molecule has 11 aromatic rings. The minimum Gasteiger partial charge on any atom is -0.455 e. The van der Waals surface area contributed by atoms with E-state index in [9.17, 15) is 0 Å². The Morgan fingerprint density at radius 3 is 1.90 bits per heavy atom. The lowest BCUT2D eigenvalue weighted by Gasteiger charge is -2.30. The zero-order valence-electron chi connectivity index (χ0n) is 33.4. The maximum Gasteiger partial charge on any atom is 0.145 e. The van der Waals surface area contributed by atoms with Crippen molar-refractivity contribution in [1.82, 2.24) is 4.57 Å². The molecule has 1 aliphatic rings. The molecule has 2 heterocycles. The zero-order valence-corrected chi connectivity index (χ0v) is 33.4. The average molecular weight is 769 g/mol.